The Bertz CT molecular complexity index is 594. The van der Waals surface area contributed by atoms with Gasteiger partial charge < -0.3 is 0 Å². The van der Waals surface area contributed by atoms with Gasteiger partial charge in [0.2, 0.25) is 0 Å². The summed E-state index contributed by atoms with van der Waals surface area (Å²) in [5, 5.41) is 0. The molecule has 2 rings (SSSR count). The molecule has 0 N–H and O–H groups in total. The van der Waals surface area contributed by atoms with Gasteiger partial charge in [-0.3, -0.25) is 0 Å². The Hall–Kier alpha value is -1.08. The molecule has 0 aliphatic carbocycles. The van der Waals surface area contributed by atoms with E-state index in [1.807, 2.05) is 0 Å². The summed E-state index contributed by atoms with van der Waals surface area (Å²) in [6.45, 7) is 11.2. The molecule has 0 aliphatic heterocycles. The van der Waals surface area contributed by atoms with E-state index >= 15 is 0 Å². The molecule has 0 radical (unpaired) electrons. The van der Waals surface area contributed by atoms with E-state index in [9.17, 15) is 0 Å². The van der Waals surface area contributed by atoms with E-state index in [2.05, 4.69) is 93.0 Å². The standard InChI is InChI=1S/C20H25Br/c1-13(2)17-10-11-18(19(12-17)14(3)4)20(21)16-8-6-15(5)7-9-16/h6-14,20H,1-5H3. The van der Waals surface area contributed by atoms with Crippen molar-refractivity contribution in [2.24, 2.45) is 0 Å². The molecule has 0 fully saturated rings. The van der Waals surface area contributed by atoms with Gasteiger partial charge in [0.1, 0.15) is 0 Å². The second-order valence-electron chi connectivity index (χ2n) is 6.47. The molecule has 1 heteroatoms. The Kier molecular flexibility index (Phi) is 5.27. The van der Waals surface area contributed by atoms with Crippen LogP contribution in [0.2, 0.25) is 0 Å². The average Bonchev–Trinajstić information content (AvgIpc) is 2.46. The molecule has 0 saturated carbocycles. The van der Waals surface area contributed by atoms with Gasteiger partial charge in [0.05, 0.1) is 4.83 Å². The lowest BCUT2D eigenvalue weighted by Gasteiger charge is -2.20. The zero-order valence-electron chi connectivity index (χ0n) is 13.7. The summed E-state index contributed by atoms with van der Waals surface area (Å²) in [4.78, 5) is 0.261. The lowest BCUT2D eigenvalue weighted by Crippen LogP contribution is -2.02. The van der Waals surface area contributed by atoms with Gasteiger partial charge >= 0.3 is 0 Å². The molecule has 1 atom stereocenters. The third-order valence-electron chi connectivity index (χ3n) is 4.04. The minimum atomic E-state index is 0.261. The van der Waals surface area contributed by atoms with Crippen molar-refractivity contribution in [3.63, 3.8) is 0 Å². The highest BCUT2D eigenvalue weighted by atomic mass is 79.9. The first kappa shape index (κ1) is 16.3. The summed E-state index contributed by atoms with van der Waals surface area (Å²) in [5.74, 6) is 1.11. The summed E-state index contributed by atoms with van der Waals surface area (Å²) >= 11 is 3.90. The van der Waals surface area contributed by atoms with E-state index in [1.165, 1.54) is 27.8 Å². The summed E-state index contributed by atoms with van der Waals surface area (Å²) in [6, 6.07) is 15.7. The molecule has 2 aromatic carbocycles. The fourth-order valence-corrected chi connectivity index (χ4v) is 3.32. The maximum Gasteiger partial charge on any atom is 0.0647 e. The van der Waals surface area contributed by atoms with Crippen LogP contribution in [0.3, 0.4) is 0 Å². The Balaban J connectivity index is 2.44. The molecule has 0 nitrogen and oxygen atoms in total. The lowest BCUT2D eigenvalue weighted by atomic mass is 9.89. The van der Waals surface area contributed by atoms with Gasteiger partial charge in [-0.05, 0) is 41.0 Å². The summed E-state index contributed by atoms with van der Waals surface area (Å²) in [7, 11) is 0. The van der Waals surface area contributed by atoms with Crippen LogP contribution in [0, 0.1) is 6.92 Å². The van der Waals surface area contributed by atoms with Crippen LogP contribution in [0.4, 0.5) is 0 Å². The van der Waals surface area contributed by atoms with Crippen LogP contribution in [-0.4, -0.2) is 0 Å². The molecule has 112 valence electrons. The number of alkyl halides is 1. The highest BCUT2D eigenvalue weighted by Crippen LogP contribution is 2.37. The summed E-state index contributed by atoms with van der Waals surface area (Å²) < 4.78 is 0. The molecule has 1 unspecified atom stereocenters. The quantitative estimate of drug-likeness (QED) is 0.539. The third kappa shape index (κ3) is 3.77. The minimum absolute atomic E-state index is 0.261. The van der Waals surface area contributed by atoms with Gasteiger partial charge in [0.25, 0.3) is 0 Å². The average molecular weight is 345 g/mol. The van der Waals surface area contributed by atoms with Crippen molar-refractivity contribution in [1.82, 2.24) is 0 Å². The van der Waals surface area contributed by atoms with Crippen LogP contribution in [0.5, 0.6) is 0 Å². The highest BCUT2D eigenvalue weighted by molar-refractivity contribution is 9.09. The Morgan fingerprint density at radius 3 is 1.81 bits per heavy atom. The highest BCUT2D eigenvalue weighted by Gasteiger charge is 2.17. The molecule has 21 heavy (non-hydrogen) atoms. The predicted octanol–water partition coefficient (Wildman–Crippen LogP) is 6.73. The van der Waals surface area contributed by atoms with Crippen molar-refractivity contribution in [3.8, 4) is 0 Å². The maximum absolute atomic E-state index is 3.90. The number of hydrogen-bond acceptors (Lipinski definition) is 0. The monoisotopic (exact) mass is 344 g/mol. The van der Waals surface area contributed by atoms with Crippen LogP contribution in [0.25, 0.3) is 0 Å². The smallest absolute Gasteiger partial charge is 0.0647 e. The van der Waals surface area contributed by atoms with Crippen molar-refractivity contribution >= 4 is 15.9 Å². The molecular weight excluding hydrogens is 320 g/mol. The lowest BCUT2D eigenvalue weighted by molar-refractivity contribution is 0.820. The number of benzene rings is 2. The van der Waals surface area contributed by atoms with E-state index in [4.69, 9.17) is 0 Å². The first-order valence-corrected chi connectivity index (χ1v) is 8.66. The number of hydrogen-bond donors (Lipinski definition) is 0. The third-order valence-corrected chi connectivity index (χ3v) is 5.06. The number of halogens is 1. The first-order valence-electron chi connectivity index (χ1n) is 7.74. The summed E-state index contributed by atoms with van der Waals surface area (Å²) in [5.41, 5.74) is 6.88. The van der Waals surface area contributed by atoms with E-state index < -0.39 is 0 Å². The topological polar surface area (TPSA) is 0 Å². The molecule has 0 aliphatic rings. The molecule has 0 saturated heterocycles. The van der Waals surface area contributed by atoms with Crippen molar-refractivity contribution in [1.29, 1.82) is 0 Å². The summed E-state index contributed by atoms with van der Waals surface area (Å²) in [6.07, 6.45) is 0. The van der Waals surface area contributed by atoms with Crippen LogP contribution in [0.15, 0.2) is 42.5 Å². The molecule has 0 spiro atoms. The van der Waals surface area contributed by atoms with E-state index in [1.54, 1.807) is 0 Å². The van der Waals surface area contributed by atoms with Gasteiger partial charge in [-0.1, -0.05) is 91.7 Å². The van der Waals surface area contributed by atoms with Crippen molar-refractivity contribution in [2.75, 3.05) is 0 Å². The Labute approximate surface area is 137 Å². The molecule has 0 aromatic heterocycles. The Morgan fingerprint density at radius 1 is 0.714 bits per heavy atom. The van der Waals surface area contributed by atoms with Crippen LogP contribution < -0.4 is 0 Å². The van der Waals surface area contributed by atoms with E-state index in [-0.39, 0.29) is 4.83 Å². The second kappa shape index (κ2) is 6.79. The van der Waals surface area contributed by atoms with Crippen LogP contribution in [-0.2, 0) is 0 Å². The number of aryl methyl sites for hydroxylation is 1. The molecule has 0 amide bonds. The van der Waals surface area contributed by atoms with Crippen LogP contribution >= 0.6 is 15.9 Å². The van der Waals surface area contributed by atoms with Gasteiger partial charge in [0, 0.05) is 0 Å². The first-order chi connectivity index (χ1) is 9.90. The normalized spacial score (nSPS) is 13.0. The van der Waals surface area contributed by atoms with E-state index in [0.29, 0.717) is 11.8 Å². The maximum atomic E-state index is 3.90. The van der Waals surface area contributed by atoms with Gasteiger partial charge in [0.15, 0.2) is 0 Å². The largest absolute Gasteiger partial charge is 0.0786 e. The van der Waals surface area contributed by atoms with Crippen LogP contribution in [0.1, 0.15) is 72.2 Å². The molecule has 2 aromatic rings. The SMILES string of the molecule is Cc1ccc(C(Br)c2ccc(C(C)C)cc2C(C)C)cc1. The zero-order chi connectivity index (χ0) is 15.6. The fraction of sp³-hybridized carbons (Fsp3) is 0.400. The predicted molar refractivity (Wildman–Crippen MR) is 96.6 cm³/mol. The van der Waals surface area contributed by atoms with Gasteiger partial charge in [-0.25, -0.2) is 0 Å². The molecule has 0 bridgehead atoms. The zero-order valence-corrected chi connectivity index (χ0v) is 15.2. The van der Waals surface area contributed by atoms with Crippen molar-refractivity contribution < 1.29 is 0 Å². The fourth-order valence-electron chi connectivity index (χ4n) is 2.60. The Morgan fingerprint density at radius 2 is 1.29 bits per heavy atom. The minimum Gasteiger partial charge on any atom is -0.0786 e. The van der Waals surface area contributed by atoms with E-state index in [0.717, 1.165) is 0 Å². The molecular formula is C20H25Br. The van der Waals surface area contributed by atoms with Gasteiger partial charge in [-0.2, -0.15) is 0 Å². The second-order valence-corrected chi connectivity index (χ2v) is 7.39. The van der Waals surface area contributed by atoms with Crippen molar-refractivity contribution in [2.45, 2.75) is 51.3 Å². The van der Waals surface area contributed by atoms with Gasteiger partial charge in [-0.15, -0.1) is 0 Å². The van der Waals surface area contributed by atoms with Crippen molar-refractivity contribution in [3.05, 3.63) is 70.3 Å². The molecule has 0 heterocycles. The number of rotatable bonds is 4.